The number of Topliss-reactive ketones (excluding diaryl/α,β-unsaturated/α-hetero) is 5. The highest BCUT2D eigenvalue weighted by molar-refractivity contribution is 6.37. The molecule has 0 unspecified atom stereocenters. The standard InChI is InChI=1S/C30H28N2O8.C23H26N2O7/c1-15-9-8-12-17-20(15)24(33)21-18(29(17,2)40-37)13-19-23(32(3)4)25-22(27(35)30(19,36)26(21)34)28(31-39-25)38-14-16-10-6-5-7-11-16;1-9-6-5-7-10-13(9)17(26)14-11(22(10,2)31)8-12-16(25(3)4)18(27)15(21(24)30)20(29)23(12,32)19(14)28/h5-12,19,23,36-37H,13-14H2,1-4H3;5-7,11-12,16,26,29,31-32H,8H2,1-4H3,(H2,24,30)/t19-,23-,29+,30-;11-,12-,16-,22+,23-/m00/s1. The van der Waals surface area contributed by atoms with Crippen molar-refractivity contribution < 1.29 is 73.7 Å². The first-order valence-corrected chi connectivity index (χ1v) is 23.2. The molecule has 0 saturated heterocycles. The zero-order valence-corrected chi connectivity index (χ0v) is 40.6. The summed E-state index contributed by atoms with van der Waals surface area (Å²) in [5, 5.41) is 71.2. The van der Waals surface area contributed by atoms with Crippen LogP contribution in [-0.2, 0) is 41.9 Å². The normalized spacial score (nSPS) is 30.5. The van der Waals surface area contributed by atoms with E-state index in [1.165, 1.54) is 25.9 Å². The summed E-state index contributed by atoms with van der Waals surface area (Å²) in [5.41, 5.74) is -1.24. The van der Waals surface area contributed by atoms with Crippen molar-refractivity contribution in [2.75, 3.05) is 28.2 Å². The van der Waals surface area contributed by atoms with Gasteiger partial charge in [0.1, 0.15) is 34.9 Å². The molecule has 1 aromatic heterocycles. The van der Waals surface area contributed by atoms with Crippen LogP contribution in [0.3, 0.4) is 0 Å². The number of aliphatic hydroxyl groups is 5. The second kappa shape index (κ2) is 17.1. The molecule has 19 heteroatoms. The van der Waals surface area contributed by atoms with E-state index in [9.17, 15) is 59.6 Å². The lowest BCUT2D eigenvalue weighted by molar-refractivity contribution is -0.313. The molecule has 376 valence electrons. The molecule has 3 aromatic carbocycles. The number of nitrogens with zero attached hydrogens (tertiary/aromatic N) is 3. The lowest BCUT2D eigenvalue weighted by Crippen LogP contribution is -2.67. The number of hydrogen-bond donors (Lipinski definition) is 7. The predicted molar refractivity (Wildman–Crippen MR) is 253 cm³/mol. The summed E-state index contributed by atoms with van der Waals surface area (Å²) >= 11 is 0. The van der Waals surface area contributed by atoms with E-state index in [4.69, 9.17) is 19.9 Å². The molecule has 6 aliphatic carbocycles. The number of carbonyl (C=O) groups excluding carboxylic acids is 6. The van der Waals surface area contributed by atoms with Crippen molar-refractivity contribution in [2.24, 2.45) is 23.5 Å². The molecule has 9 atom stereocenters. The molecular formula is C53H54N4O15. The van der Waals surface area contributed by atoms with Gasteiger partial charge in [0.05, 0.1) is 23.3 Å². The van der Waals surface area contributed by atoms with Gasteiger partial charge in [-0.3, -0.25) is 43.8 Å². The van der Waals surface area contributed by atoms with Gasteiger partial charge in [0.2, 0.25) is 17.3 Å². The van der Waals surface area contributed by atoms with Crippen LogP contribution in [0.1, 0.15) is 92.6 Å². The van der Waals surface area contributed by atoms with Crippen LogP contribution in [0.25, 0.3) is 5.76 Å². The summed E-state index contributed by atoms with van der Waals surface area (Å²) < 4.78 is 11.5. The van der Waals surface area contributed by atoms with E-state index < -0.39 is 104 Å². The fraction of sp³-hybridized carbons (Fsp3) is 0.377. The molecular weight excluding hydrogens is 933 g/mol. The van der Waals surface area contributed by atoms with E-state index in [2.05, 4.69) is 5.16 Å². The number of ether oxygens (including phenoxy) is 1. The van der Waals surface area contributed by atoms with Crippen molar-refractivity contribution in [2.45, 2.75) is 81.6 Å². The zero-order chi connectivity index (χ0) is 52.5. The average Bonchev–Trinajstić information content (AvgIpc) is 3.75. The number of nitrogens with two attached hydrogens (primary N) is 1. The summed E-state index contributed by atoms with van der Waals surface area (Å²) in [6.07, 6.45) is -0.227. The number of carbonyl (C=O) groups is 6. The Morgan fingerprint density at radius 3 is 1.99 bits per heavy atom. The first-order chi connectivity index (χ1) is 33.8. The number of rotatable bonds is 7. The van der Waals surface area contributed by atoms with Gasteiger partial charge in [-0.15, -0.1) is 0 Å². The zero-order valence-electron chi connectivity index (χ0n) is 40.6. The van der Waals surface area contributed by atoms with Crippen LogP contribution in [-0.4, -0.2) is 126 Å². The third-order valence-corrected chi connectivity index (χ3v) is 15.8. The SMILES string of the molecule is Cc1cccc2c1C(=O)C1=C(C[C@H]3[C@H](N(C)C)c4onc(OCc5ccccc5)c4C(=O)[C@@]3(O)C1=O)[C@]2(C)OO.Cc1cccc2c1C(O)=C1C(=O)[C@]3(O)C(O)=C(C(N)=O)C(=O)[C@@H](N(C)C)[C@@H]3C[C@@H]1[C@]2(C)O. The van der Waals surface area contributed by atoms with Crippen LogP contribution < -0.4 is 10.5 Å². The van der Waals surface area contributed by atoms with Crippen molar-refractivity contribution >= 4 is 40.6 Å². The van der Waals surface area contributed by atoms with Gasteiger partial charge in [0, 0.05) is 40.0 Å². The third kappa shape index (κ3) is 6.72. The number of amides is 1. The maximum absolute atomic E-state index is 14.3. The number of aliphatic hydroxyl groups excluding tert-OH is 2. The summed E-state index contributed by atoms with van der Waals surface area (Å²) in [4.78, 5) is 89.1. The number of benzene rings is 3. The number of likely N-dealkylation sites (N-methyl/N-ethyl adjacent to an activating group) is 1. The summed E-state index contributed by atoms with van der Waals surface area (Å²) in [6, 6.07) is 17.4. The van der Waals surface area contributed by atoms with Gasteiger partial charge in [-0.25, -0.2) is 4.89 Å². The molecule has 0 spiro atoms. The second-order valence-corrected chi connectivity index (χ2v) is 20.2. The molecule has 0 radical (unpaired) electrons. The molecule has 0 aliphatic heterocycles. The van der Waals surface area contributed by atoms with Crippen molar-refractivity contribution in [3.63, 3.8) is 0 Å². The Bertz CT molecular complexity index is 3170. The molecule has 0 bridgehead atoms. The van der Waals surface area contributed by atoms with Crippen molar-refractivity contribution in [1.29, 1.82) is 0 Å². The van der Waals surface area contributed by atoms with Gasteiger partial charge >= 0.3 is 0 Å². The number of aromatic nitrogens is 1. The minimum Gasteiger partial charge on any atom is -0.508 e. The minimum absolute atomic E-state index is 0.0750. The molecule has 1 amide bonds. The van der Waals surface area contributed by atoms with E-state index in [1.807, 2.05) is 30.3 Å². The van der Waals surface area contributed by atoms with Crippen molar-refractivity contribution in [3.05, 3.63) is 145 Å². The maximum Gasteiger partial charge on any atom is 0.265 e. The Hall–Kier alpha value is -6.97. The van der Waals surface area contributed by atoms with Gasteiger partial charge in [-0.1, -0.05) is 66.7 Å². The van der Waals surface area contributed by atoms with Crippen LogP contribution in [0, 0.1) is 31.6 Å². The minimum atomic E-state index is -2.66. The van der Waals surface area contributed by atoms with Gasteiger partial charge in [-0.2, -0.15) is 0 Å². The molecule has 1 heterocycles. The lowest BCUT2D eigenvalue weighted by Gasteiger charge is -2.53. The van der Waals surface area contributed by atoms with Crippen LogP contribution in [0.4, 0.5) is 0 Å². The smallest absolute Gasteiger partial charge is 0.265 e. The highest BCUT2D eigenvalue weighted by Crippen LogP contribution is 2.59. The predicted octanol–water partition coefficient (Wildman–Crippen LogP) is 3.81. The highest BCUT2D eigenvalue weighted by atomic mass is 17.1. The molecule has 1 saturated carbocycles. The lowest BCUT2D eigenvalue weighted by atomic mass is 9.54. The largest absolute Gasteiger partial charge is 0.508 e. The summed E-state index contributed by atoms with van der Waals surface area (Å²) in [6.45, 7) is 6.57. The molecule has 19 nitrogen and oxygen atoms in total. The fourth-order valence-electron chi connectivity index (χ4n) is 12.2. The molecule has 72 heavy (non-hydrogen) atoms. The average molecular weight is 987 g/mol. The first kappa shape index (κ1) is 50.0. The molecule has 8 N–H and O–H groups in total. The fourth-order valence-corrected chi connectivity index (χ4v) is 12.2. The van der Waals surface area contributed by atoms with E-state index in [0.29, 0.717) is 22.3 Å². The number of fused-ring (bicyclic) bond motifs is 6. The van der Waals surface area contributed by atoms with Gasteiger partial charge in [0.15, 0.2) is 28.5 Å². The second-order valence-electron chi connectivity index (χ2n) is 20.2. The first-order valence-electron chi connectivity index (χ1n) is 23.2. The van der Waals surface area contributed by atoms with Crippen LogP contribution in [0.5, 0.6) is 5.88 Å². The Labute approximate surface area is 412 Å². The van der Waals surface area contributed by atoms with Gasteiger partial charge in [0.25, 0.3) is 11.8 Å². The van der Waals surface area contributed by atoms with E-state index in [1.54, 1.807) is 76.2 Å². The molecule has 1 fully saturated rings. The third-order valence-electron chi connectivity index (χ3n) is 15.8. The van der Waals surface area contributed by atoms with E-state index in [0.717, 1.165) is 5.56 Å². The van der Waals surface area contributed by atoms with Crippen molar-refractivity contribution in [1.82, 2.24) is 15.0 Å². The number of primary amides is 1. The number of aryl methyl sites for hydroxylation is 2. The molecule has 6 aliphatic rings. The molecule has 10 rings (SSSR count). The highest BCUT2D eigenvalue weighted by Gasteiger charge is 2.68. The number of hydrogen-bond acceptors (Lipinski definition) is 18. The summed E-state index contributed by atoms with van der Waals surface area (Å²) in [7, 11) is 6.51. The maximum atomic E-state index is 14.3. The Kier molecular flexibility index (Phi) is 11.9. The van der Waals surface area contributed by atoms with Crippen molar-refractivity contribution in [3.8, 4) is 5.88 Å². The van der Waals surface area contributed by atoms with Crippen LogP contribution in [0.15, 0.2) is 99.3 Å². The number of ketones is 5. The van der Waals surface area contributed by atoms with Crippen LogP contribution >= 0.6 is 0 Å². The van der Waals surface area contributed by atoms with E-state index in [-0.39, 0.29) is 64.5 Å². The van der Waals surface area contributed by atoms with E-state index >= 15 is 0 Å². The van der Waals surface area contributed by atoms with Gasteiger partial charge < -0.3 is 40.5 Å². The van der Waals surface area contributed by atoms with Gasteiger partial charge in [-0.05, 0) is 102 Å². The quantitative estimate of drug-likeness (QED) is 0.0599. The monoisotopic (exact) mass is 986 g/mol. The topological polar surface area (TPSA) is 301 Å². The summed E-state index contributed by atoms with van der Waals surface area (Å²) in [5.74, 6) is -10.5. The van der Waals surface area contributed by atoms with Crippen LogP contribution in [0.2, 0.25) is 0 Å². The Morgan fingerprint density at radius 1 is 0.778 bits per heavy atom. The Morgan fingerprint density at radius 2 is 1.39 bits per heavy atom. The molecule has 4 aromatic rings. The Balaban J connectivity index is 0.000000182.